The number of likely N-dealkylation sites (N-methyl/N-ethyl adjacent to an activating group) is 1. The van der Waals surface area contributed by atoms with Gasteiger partial charge in [-0.15, -0.1) is 0 Å². The summed E-state index contributed by atoms with van der Waals surface area (Å²) in [5, 5.41) is 7.64. The van der Waals surface area contributed by atoms with Gasteiger partial charge in [0.05, 0.1) is 31.6 Å². The molecule has 2 amide bonds. The second kappa shape index (κ2) is 11.2. The van der Waals surface area contributed by atoms with E-state index < -0.39 is 5.97 Å². The van der Waals surface area contributed by atoms with Crippen molar-refractivity contribution in [2.24, 2.45) is 0 Å². The summed E-state index contributed by atoms with van der Waals surface area (Å²) in [5.41, 5.74) is 4.04. The van der Waals surface area contributed by atoms with Crippen LogP contribution in [0.3, 0.4) is 0 Å². The van der Waals surface area contributed by atoms with E-state index in [4.69, 9.17) is 14.6 Å². The number of amides is 2. The Morgan fingerprint density at radius 1 is 1.24 bits per heavy atom. The molecule has 0 aliphatic carbocycles. The maximum absolute atomic E-state index is 12.9. The number of nitrogens with one attached hydrogen (secondary N) is 1. The van der Waals surface area contributed by atoms with Crippen molar-refractivity contribution in [3.63, 3.8) is 0 Å². The molecule has 0 radical (unpaired) electrons. The van der Waals surface area contributed by atoms with Crippen molar-refractivity contribution in [1.29, 1.82) is 0 Å². The highest BCUT2D eigenvalue weighted by atomic mass is 16.5. The van der Waals surface area contributed by atoms with Crippen molar-refractivity contribution in [3.8, 4) is 11.4 Å². The first-order valence-corrected chi connectivity index (χ1v) is 11.5. The summed E-state index contributed by atoms with van der Waals surface area (Å²) in [6.07, 6.45) is 0.866. The van der Waals surface area contributed by atoms with Gasteiger partial charge in [-0.25, -0.2) is 9.48 Å². The third kappa shape index (κ3) is 5.65. The summed E-state index contributed by atoms with van der Waals surface area (Å²) in [5.74, 6) is 0.297. The molecule has 0 atom stereocenters. The molecule has 2 heterocycles. The van der Waals surface area contributed by atoms with Gasteiger partial charge < -0.3 is 19.7 Å². The lowest BCUT2D eigenvalue weighted by Gasteiger charge is -2.29. The van der Waals surface area contributed by atoms with Gasteiger partial charge in [-0.2, -0.15) is 5.10 Å². The highest BCUT2D eigenvalue weighted by Gasteiger charge is 2.28. The highest BCUT2D eigenvalue weighted by molar-refractivity contribution is 5.81. The minimum absolute atomic E-state index is 0.0786. The fourth-order valence-corrected chi connectivity index (χ4v) is 4.05. The Bertz CT molecular complexity index is 972. The zero-order valence-corrected chi connectivity index (χ0v) is 20.3. The number of benzene rings is 1. The lowest BCUT2D eigenvalue weighted by atomic mass is 10.0. The normalized spacial score (nSPS) is 13.5. The molecule has 1 aromatic heterocycles. The van der Waals surface area contributed by atoms with Crippen LogP contribution in [0.15, 0.2) is 24.3 Å². The molecule has 0 spiro atoms. The van der Waals surface area contributed by atoms with E-state index in [1.54, 1.807) is 18.9 Å². The molecule has 9 heteroatoms. The van der Waals surface area contributed by atoms with Gasteiger partial charge in [0.25, 0.3) is 0 Å². The molecule has 0 fully saturated rings. The van der Waals surface area contributed by atoms with Gasteiger partial charge in [0, 0.05) is 31.1 Å². The summed E-state index contributed by atoms with van der Waals surface area (Å²) in [7, 11) is 1.66. The number of rotatable bonds is 9. The SMILES string of the molecule is CCOC(=O)CNC(=O)N(Cc1nn(-c2ccccc2OC)c2c1CN(CC)CC2)C(C)C. The monoisotopic (exact) mass is 457 g/mol. The van der Waals surface area contributed by atoms with E-state index in [2.05, 4.69) is 17.1 Å². The van der Waals surface area contributed by atoms with Crippen LogP contribution in [0.4, 0.5) is 4.79 Å². The van der Waals surface area contributed by atoms with Gasteiger partial charge in [-0.1, -0.05) is 19.1 Å². The third-order valence-electron chi connectivity index (χ3n) is 5.87. The second-order valence-electron chi connectivity index (χ2n) is 8.26. The molecule has 1 aromatic carbocycles. The van der Waals surface area contributed by atoms with Crippen molar-refractivity contribution >= 4 is 12.0 Å². The molecular weight excluding hydrogens is 422 g/mol. The number of esters is 1. The fourth-order valence-electron chi connectivity index (χ4n) is 4.05. The Hall–Kier alpha value is -3.07. The van der Waals surface area contributed by atoms with Crippen molar-refractivity contribution in [3.05, 3.63) is 41.2 Å². The average molecular weight is 458 g/mol. The van der Waals surface area contributed by atoms with Crippen LogP contribution in [0.2, 0.25) is 0 Å². The van der Waals surface area contributed by atoms with E-state index >= 15 is 0 Å². The number of ether oxygens (including phenoxy) is 2. The van der Waals surface area contributed by atoms with Crippen molar-refractivity contribution in [1.82, 2.24) is 24.9 Å². The van der Waals surface area contributed by atoms with E-state index in [-0.39, 0.29) is 25.2 Å². The number of carbonyl (C=O) groups is 2. The van der Waals surface area contributed by atoms with Crippen LogP contribution >= 0.6 is 0 Å². The lowest BCUT2D eigenvalue weighted by Crippen LogP contribution is -2.45. The van der Waals surface area contributed by atoms with Gasteiger partial charge in [-0.3, -0.25) is 9.69 Å². The van der Waals surface area contributed by atoms with Gasteiger partial charge in [0.15, 0.2) is 0 Å². The number of para-hydroxylation sites is 2. The van der Waals surface area contributed by atoms with E-state index in [1.807, 2.05) is 42.8 Å². The van der Waals surface area contributed by atoms with Crippen molar-refractivity contribution in [2.75, 3.05) is 33.4 Å². The first-order valence-electron chi connectivity index (χ1n) is 11.5. The van der Waals surface area contributed by atoms with Gasteiger partial charge in [0.2, 0.25) is 0 Å². The minimum atomic E-state index is -0.453. The summed E-state index contributed by atoms with van der Waals surface area (Å²) in [6, 6.07) is 7.43. The Balaban J connectivity index is 1.93. The largest absolute Gasteiger partial charge is 0.494 e. The number of methoxy groups -OCH3 is 1. The standard InChI is InChI=1S/C24H35N5O4/c1-6-27-13-12-20-18(15-27)19(26-29(20)21-10-8-9-11-22(21)32-5)16-28(17(3)4)24(31)25-14-23(30)33-7-2/h8-11,17H,6-7,12-16H2,1-5H3,(H,25,31). The predicted molar refractivity (Wildman–Crippen MR) is 125 cm³/mol. The van der Waals surface area contributed by atoms with Crippen LogP contribution in [0.25, 0.3) is 5.69 Å². The Kier molecular flexibility index (Phi) is 8.32. The molecule has 3 rings (SSSR count). The van der Waals surface area contributed by atoms with E-state index in [0.29, 0.717) is 6.54 Å². The maximum Gasteiger partial charge on any atom is 0.325 e. The van der Waals surface area contributed by atoms with Crippen LogP contribution in [-0.4, -0.2) is 71.0 Å². The van der Waals surface area contributed by atoms with E-state index in [1.165, 1.54) is 0 Å². The molecule has 180 valence electrons. The van der Waals surface area contributed by atoms with Crippen LogP contribution < -0.4 is 10.1 Å². The Morgan fingerprint density at radius 2 is 2.00 bits per heavy atom. The van der Waals surface area contributed by atoms with Crippen LogP contribution in [0.5, 0.6) is 5.75 Å². The summed E-state index contributed by atoms with van der Waals surface area (Å²) in [4.78, 5) is 28.7. The quantitative estimate of drug-likeness (QED) is 0.583. The first kappa shape index (κ1) is 24.6. The fraction of sp³-hybridized carbons (Fsp3) is 0.542. The van der Waals surface area contributed by atoms with E-state index in [9.17, 15) is 9.59 Å². The smallest absolute Gasteiger partial charge is 0.325 e. The van der Waals surface area contributed by atoms with Crippen molar-refractivity contribution < 1.29 is 19.1 Å². The number of hydrogen-bond donors (Lipinski definition) is 1. The number of hydrogen-bond acceptors (Lipinski definition) is 6. The number of urea groups is 1. The predicted octanol–water partition coefficient (Wildman–Crippen LogP) is 2.74. The van der Waals surface area contributed by atoms with Crippen LogP contribution in [0.1, 0.15) is 44.6 Å². The van der Waals surface area contributed by atoms with Gasteiger partial charge in [0.1, 0.15) is 18.0 Å². The average Bonchev–Trinajstić information content (AvgIpc) is 3.18. The van der Waals surface area contributed by atoms with Crippen LogP contribution in [-0.2, 0) is 29.0 Å². The number of aromatic nitrogens is 2. The molecule has 2 aromatic rings. The minimum Gasteiger partial charge on any atom is -0.494 e. The molecule has 9 nitrogen and oxygen atoms in total. The summed E-state index contributed by atoms with van der Waals surface area (Å²) in [6.45, 7) is 10.9. The zero-order valence-electron chi connectivity index (χ0n) is 20.3. The molecule has 0 saturated heterocycles. The number of nitrogens with zero attached hydrogens (tertiary/aromatic N) is 4. The first-order chi connectivity index (χ1) is 15.9. The molecule has 0 unspecified atom stereocenters. The van der Waals surface area contributed by atoms with E-state index in [0.717, 1.165) is 54.4 Å². The third-order valence-corrected chi connectivity index (χ3v) is 5.87. The molecule has 0 saturated carbocycles. The van der Waals surface area contributed by atoms with Crippen LogP contribution in [0, 0.1) is 0 Å². The number of carbonyl (C=O) groups excluding carboxylic acids is 2. The molecule has 1 aliphatic heterocycles. The maximum atomic E-state index is 12.9. The summed E-state index contributed by atoms with van der Waals surface area (Å²) >= 11 is 0. The topological polar surface area (TPSA) is 88.9 Å². The summed E-state index contributed by atoms with van der Waals surface area (Å²) < 4.78 is 12.5. The number of fused-ring (bicyclic) bond motifs is 1. The molecule has 1 N–H and O–H groups in total. The second-order valence-corrected chi connectivity index (χ2v) is 8.26. The Labute approximate surface area is 195 Å². The zero-order chi connectivity index (χ0) is 24.0. The molecular formula is C24H35N5O4. The highest BCUT2D eigenvalue weighted by Crippen LogP contribution is 2.30. The van der Waals surface area contributed by atoms with Gasteiger partial charge >= 0.3 is 12.0 Å². The van der Waals surface area contributed by atoms with Gasteiger partial charge in [-0.05, 0) is 39.4 Å². The molecule has 33 heavy (non-hydrogen) atoms. The van der Waals surface area contributed by atoms with Crippen molar-refractivity contribution in [2.45, 2.75) is 53.2 Å². The lowest BCUT2D eigenvalue weighted by molar-refractivity contribution is -0.141. The Morgan fingerprint density at radius 3 is 2.67 bits per heavy atom. The molecule has 1 aliphatic rings. The molecule has 0 bridgehead atoms.